The van der Waals surface area contributed by atoms with Crippen LogP contribution in [0.15, 0.2) is 36.8 Å². The third kappa shape index (κ3) is 1.49. The van der Waals surface area contributed by atoms with E-state index in [-0.39, 0.29) is 0 Å². The average molecular weight is 224 g/mol. The number of hydrogen-bond acceptors (Lipinski definition) is 3. The molecule has 0 unspecified atom stereocenters. The Morgan fingerprint density at radius 2 is 1.94 bits per heavy atom. The zero-order valence-corrected chi connectivity index (χ0v) is 9.75. The highest BCUT2D eigenvalue weighted by atomic mass is 15.3. The molecule has 3 rings (SSSR count). The normalized spacial score (nSPS) is 10.9. The number of rotatable bonds is 1. The summed E-state index contributed by atoms with van der Waals surface area (Å²) in [6, 6.07) is 8.21. The first-order valence-corrected chi connectivity index (χ1v) is 5.46. The third-order valence-electron chi connectivity index (χ3n) is 2.93. The minimum atomic E-state index is 0.859. The Bertz CT molecular complexity index is 685. The van der Waals surface area contributed by atoms with Gasteiger partial charge in [-0.05, 0) is 12.5 Å². The van der Waals surface area contributed by atoms with E-state index in [0.717, 1.165) is 22.3 Å². The van der Waals surface area contributed by atoms with Crippen molar-refractivity contribution >= 4 is 11.0 Å². The fourth-order valence-electron chi connectivity index (χ4n) is 2.02. The van der Waals surface area contributed by atoms with Gasteiger partial charge in [0, 0.05) is 12.6 Å². The van der Waals surface area contributed by atoms with E-state index >= 15 is 0 Å². The lowest BCUT2D eigenvalue weighted by molar-refractivity contribution is 0.785. The van der Waals surface area contributed by atoms with E-state index in [1.807, 2.05) is 25.4 Å². The van der Waals surface area contributed by atoms with Crippen LogP contribution in [0.1, 0.15) is 5.56 Å². The van der Waals surface area contributed by atoms with Gasteiger partial charge >= 0.3 is 0 Å². The number of aryl methyl sites for hydroxylation is 2. The summed E-state index contributed by atoms with van der Waals surface area (Å²) in [5.41, 5.74) is 4.14. The molecule has 2 aromatic heterocycles. The maximum Gasteiger partial charge on any atom is 0.161 e. The van der Waals surface area contributed by atoms with Crippen molar-refractivity contribution in [3.05, 3.63) is 42.4 Å². The van der Waals surface area contributed by atoms with Crippen molar-refractivity contribution in [1.82, 2.24) is 19.7 Å². The molecule has 0 radical (unpaired) electrons. The van der Waals surface area contributed by atoms with Crippen LogP contribution in [0.2, 0.25) is 0 Å². The van der Waals surface area contributed by atoms with Crippen LogP contribution in [0.5, 0.6) is 0 Å². The van der Waals surface area contributed by atoms with E-state index in [1.165, 1.54) is 5.56 Å². The van der Waals surface area contributed by atoms with Crippen LogP contribution in [-0.4, -0.2) is 19.7 Å². The molecule has 0 fully saturated rings. The van der Waals surface area contributed by atoms with Crippen LogP contribution in [0, 0.1) is 6.92 Å². The average Bonchev–Trinajstić information content (AvgIpc) is 2.72. The summed E-state index contributed by atoms with van der Waals surface area (Å²) in [5.74, 6) is 0. The topological polar surface area (TPSA) is 43.6 Å². The van der Waals surface area contributed by atoms with Crippen LogP contribution < -0.4 is 0 Å². The summed E-state index contributed by atoms with van der Waals surface area (Å²) in [6.07, 6.45) is 3.41. The third-order valence-corrected chi connectivity index (χ3v) is 2.93. The molecule has 0 amide bonds. The molecule has 84 valence electrons. The second kappa shape index (κ2) is 3.66. The zero-order chi connectivity index (χ0) is 11.8. The molecule has 0 N–H and O–H groups in total. The molecule has 0 bridgehead atoms. The summed E-state index contributed by atoms with van der Waals surface area (Å²) in [5, 5.41) is 5.22. The molecule has 0 saturated heterocycles. The van der Waals surface area contributed by atoms with Crippen molar-refractivity contribution < 1.29 is 0 Å². The molecule has 0 aliphatic rings. The highest BCUT2D eigenvalue weighted by Crippen LogP contribution is 2.26. The molecule has 3 aromatic rings. The molecule has 1 aromatic carbocycles. The lowest BCUT2D eigenvalue weighted by atomic mass is 10.0. The van der Waals surface area contributed by atoms with Gasteiger partial charge in [-0.2, -0.15) is 5.10 Å². The van der Waals surface area contributed by atoms with Gasteiger partial charge in [-0.1, -0.05) is 24.3 Å². The van der Waals surface area contributed by atoms with Crippen LogP contribution >= 0.6 is 0 Å². The van der Waals surface area contributed by atoms with Gasteiger partial charge in [-0.25, -0.2) is 9.97 Å². The molecule has 0 aliphatic heterocycles. The Morgan fingerprint density at radius 3 is 2.76 bits per heavy atom. The zero-order valence-electron chi connectivity index (χ0n) is 9.75. The SMILES string of the molecule is Cc1ccccc1-c1ncnc2c1cnn2C. The first kappa shape index (κ1) is 9.96. The maximum absolute atomic E-state index is 4.39. The minimum absolute atomic E-state index is 0.859. The minimum Gasteiger partial charge on any atom is -0.250 e. The van der Waals surface area contributed by atoms with E-state index in [0.29, 0.717) is 0 Å². The van der Waals surface area contributed by atoms with Gasteiger partial charge in [-0.15, -0.1) is 0 Å². The van der Waals surface area contributed by atoms with Gasteiger partial charge in [0.05, 0.1) is 17.3 Å². The largest absolute Gasteiger partial charge is 0.250 e. The molecule has 0 saturated carbocycles. The number of hydrogen-bond donors (Lipinski definition) is 0. The monoisotopic (exact) mass is 224 g/mol. The smallest absolute Gasteiger partial charge is 0.161 e. The fraction of sp³-hybridized carbons (Fsp3) is 0.154. The molecular weight excluding hydrogens is 212 g/mol. The summed E-state index contributed by atoms with van der Waals surface area (Å²) >= 11 is 0. The van der Waals surface area contributed by atoms with Gasteiger partial charge in [0.25, 0.3) is 0 Å². The van der Waals surface area contributed by atoms with E-state index in [2.05, 4.69) is 34.1 Å². The van der Waals surface area contributed by atoms with Crippen molar-refractivity contribution in [2.45, 2.75) is 6.92 Å². The molecular formula is C13H12N4. The molecule has 4 nitrogen and oxygen atoms in total. The number of nitrogens with zero attached hydrogens (tertiary/aromatic N) is 4. The predicted octanol–water partition coefficient (Wildman–Crippen LogP) is 2.34. The van der Waals surface area contributed by atoms with E-state index < -0.39 is 0 Å². The summed E-state index contributed by atoms with van der Waals surface area (Å²) < 4.78 is 1.76. The van der Waals surface area contributed by atoms with E-state index in [4.69, 9.17) is 0 Å². The van der Waals surface area contributed by atoms with E-state index in [1.54, 1.807) is 11.0 Å². The quantitative estimate of drug-likeness (QED) is 0.637. The van der Waals surface area contributed by atoms with Crippen LogP contribution in [0.25, 0.3) is 22.3 Å². The van der Waals surface area contributed by atoms with Crippen molar-refractivity contribution in [2.24, 2.45) is 7.05 Å². The second-order valence-electron chi connectivity index (χ2n) is 4.04. The molecule has 4 heteroatoms. The van der Waals surface area contributed by atoms with Crippen LogP contribution in [0.4, 0.5) is 0 Å². The summed E-state index contributed by atoms with van der Waals surface area (Å²) in [6.45, 7) is 2.08. The molecule has 0 aliphatic carbocycles. The first-order valence-electron chi connectivity index (χ1n) is 5.46. The van der Waals surface area contributed by atoms with Crippen molar-refractivity contribution in [1.29, 1.82) is 0 Å². The Kier molecular flexibility index (Phi) is 2.14. The van der Waals surface area contributed by atoms with Gasteiger partial charge in [-0.3, -0.25) is 4.68 Å². The van der Waals surface area contributed by atoms with Gasteiger partial charge < -0.3 is 0 Å². The van der Waals surface area contributed by atoms with Crippen molar-refractivity contribution in [2.75, 3.05) is 0 Å². The predicted molar refractivity (Wildman–Crippen MR) is 66.5 cm³/mol. The molecule has 0 atom stereocenters. The number of benzene rings is 1. The fourth-order valence-corrected chi connectivity index (χ4v) is 2.02. The Hall–Kier alpha value is -2.23. The first-order chi connectivity index (χ1) is 8.27. The lowest BCUT2D eigenvalue weighted by Crippen LogP contribution is -1.94. The second-order valence-corrected chi connectivity index (χ2v) is 4.04. The highest BCUT2D eigenvalue weighted by Gasteiger charge is 2.10. The lowest BCUT2D eigenvalue weighted by Gasteiger charge is -2.05. The van der Waals surface area contributed by atoms with Crippen molar-refractivity contribution in [3.8, 4) is 11.3 Å². The van der Waals surface area contributed by atoms with Crippen LogP contribution in [0.3, 0.4) is 0 Å². The van der Waals surface area contributed by atoms with Gasteiger partial charge in [0.2, 0.25) is 0 Å². The Balaban J connectivity index is 2.35. The Morgan fingerprint density at radius 1 is 1.12 bits per heavy atom. The summed E-state index contributed by atoms with van der Waals surface area (Å²) in [7, 11) is 1.89. The Labute approximate surface area is 98.9 Å². The molecule has 0 spiro atoms. The van der Waals surface area contributed by atoms with Crippen LogP contribution in [-0.2, 0) is 7.05 Å². The molecule has 2 heterocycles. The maximum atomic E-state index is 4.39. The summed E-state index contributed by atoms with van der Waals surface area (Å²) in [4.78, 5) is 8.63. The number of fused-ring (bicyclic) bond motifs is 1. The van der Waals surface area contributed by atoms with Gasteiger partial charge in [0.1, 0.15) is 6.33 Å². The number of aromatic nitrogens is 4. The highest BCUT2D eigenvalue weighted by molar-refractivity contribution is 5.90. The van der Waals surface area contributed by atoms with E-state index in [9.17, 15) is 0 Å². The standard InChI is InChI=1S/C13H12N4/c1-9-5-3-4-6-10(9)12-11-7-16-17(2)13(11)15-8-14-12/h3-8H,1-2H3. The van der Waals surface area contributed by atoms with Gasteiger partial charge in [0.15, 0.2) is 5.65 Å². The van der Waals surface area contributed by atoms with Crippen molar-refractivity contribution in [3.63, 3.8) is 0 Å². The molecule has 17 heavy (non-hydrogen) atoms.